The monoisotopic (exact) mass is 487 g/mol. The van der Waals surface area contributed by atoms with E-state index in [2.05, 4.69) is 41.1 Å². The standard InChI is InChI=1S/C28H42ClN3O2/c1-28(2)20-32(19-14-24(28)21-10-12-22(29)13-11-21)27(34)23-8-4-5-9-25(23)30-26(33)15-18-31-16-6-3-7-17-31/h10-13,23-25H,3-9,14-20H2,1-2H3,(H,30,33). The average Bonchev–Trinajstić information content (AvgIpc) is 2.83. The zero-order valence-corrected chi connectivity index (χ0v) is 21.8. The predicted octanol–water partition coefficient (Wildman–Crippen LogP) is 5.23. The zero-order chi connectivity index (χ0) is 24.1. The molecule has 0 aromatic heterocycles. The molecule has 3 aliphatic rings. The van der Waals surface area contributed by atoms with Crippen molar-refractivity contribution in [3.05, 3.63) is 34.9 Å². The third-order valence-electron chi connectivity index (χ3n) is 8.35. The van der Waals surface area contributed by atoms with Crippen molar-refractivity contribution in [1.29, 1.82) is 0 Å². The van der Waals surface area contributed by atoms with Gasteiger partial charge in [-0.2, -0.15) is 0 Å². The maximum absolute atomic E-state index is 13.7. The molecule has 1 aliphatic carbocycles. The van der Waals surface area contributed by atoms with Crippen LogP contribution < -0.4 is 5.32 Å². The highest BCUT2D eigenvalue weighted by atomic mass is 35.5. The number of carbonyl (C=O) groups excluding carboxylic acids is 2. The van der Waals surface area contributed by atoms with E-state index in [9.17, 15) is 9.59 Å². The van der Waals surface area contributed by atoms with Crippen LogP contribution in [0.15, 0.2) is 24.3 Å². The lowest BCUT2D eigenvalue weighted by molar-refractivity contribution is -0.141. The fraction of sp³-hybridized carbons (Fsp3) is 0.714. The van der Waals surface area contributed by atoms with Crippen LogP contribution in [0.4, 0.5) is 0 Å². The number of halogens is 1. The van der Waals surface area contributed by atoms with Gasteiger partial charge < -0.3 is 15.1 Å². The predicted molar refractivity (Wildman–Crippen MR) is 138 cm³/mol. The number of rotatable bonds is 6. The largest absolute Gasteiger partial charge is 0.353 e. The summed E-state index contributed by atoms with van der Waals surface area (Å²) in [6.45, 7) is 9.13. The highest BCUT2D eigenvalue weighted by Gasteiger charge is 2.42. The van der Waals surface area contributed by atoms with Crippen LogP contribution in [0.5, 0.6) is 0 Å². The van der Waals surface area contributed by atoms with Gasteiger partial charge in [0.1, 0.15) is 0 Å². The van der Waals surface area contributed by atoms with E-state index in [1.165, 1.54) is 24.8 Å². The second kappa shape index (κ2) is 11.4. The topological polar surface area (TPSA) is 52.7 Å². The smallest absolute Gasteiger partial charge is 0.227 e. The summed E-state index contributed by atoms with van der Waals surface area (Å²) >= 11 is 6.10. The van der Waals surface area contributed by atoms with Gasteiger partial charge in [-0.1, -0.05) is 56.8 Å². The first-order valence-electron chi connectivity index (χ1n) is 13.4. The second-order valence-corrected chi connectivity index (χ2v) is 11.8. The molecule has 5 nitrogen and oxygen atoms in total. The quantitative estimate of drug-likeness (QED) is 0.597. The Morgan fingerprint density at radius 1 is 0.971 bits per heavy atom. The summed E-state index contributed by atoms with van der Waals surface area (Å²) < 4.78 is 0. The van der Waals surface area contributed by atoms with Crippen LogP contribution in [-0.4, -0.2) is 60.4 Å². The van der Waals surface area contributed by atoms with E-state index in [1.807, 2.05) is 12.1 Å². The third kappa shape index (κ3) is 6.34. The van der Waals surface area contributed by atoms with E-state index in [0.717, 1.165) is 69.9 Å². The fourth-order valence-electron chi connectivity index (χ4n) is 6.41. The number of nitrogens with zero attached hydrogens (tertiary/aromatic N) is 2. The molecular formula is C28H42ClN3O2. The molecule has 188 valence electrons. The van der Waals surface area contributed by atoms with Gasteiger partial charge in [-0.25, -0.2) is 0 Å². The van der Waals surface area contributed by atoms with Gasteiger partial charge >= 0.3 is 0 Å². The van der Waals surface area contributed by atoms with Crippen LogP contribution in [0.3, 0.4) is 0 Å². The van der Waals surface area contributed by atoms with E-state index in [0.29, 0.717) is 12.3 Å². The Bertz CT molecular complexity index is 835. The molecule has 4 rings (SSSR count). The minimum atomic E-state index is -0.0874. The number of piperidine rings is 2. The fourth-order valence-corrected chi connectivity index (χ4v) is 6.54. The van der Waals surface area contributed by atoms with Crippen LogP contribution in [0.25, 0.3) is 0 Å². The van der Waals surface area contributed by atoms with Crippen molar-refractivity contribution in [2.75, 3.05) is 32.7 Å². The maximum atomic E-state index is 13.7. The first-order chi connectivity index (χ1) is 16.3. The summed E-state index contributed by atoms with van der Waals surface area (Å²) in [6.07, 6.45) is 9.24. The molecule has 3 atom stereocenters. The summed E-state index contributed by atoms with van der Waals surface area (Å²) in [4.78, 5) is 30.9. The molecular weight excluding hydrogens is 446 g/mol. The minimum Gasteiger partial charge on any atom is -0.353 e. The van der Waals surface area contributed by atoms with Gasteiger partial charge in [0, 0.05) is 37.1 Å². The van der Waals surface area contributed by atoms with E-state index in [4.69, 9.17) is 11.6 Å². The number of hydrogen-bond donors (Lipinski definition) is 1. The summed E-state index contributed by atoms with van der Waals surface area (Å²) in [6, 6.07) is 8.16. The van der Waals surface area contributed by atoms with Crippen molar-refractivity contribution in [2.45, 2.75) is 83.6 Å². The van der Waals surface area contributed by atoms with Gasteiger partial charge in [0.25, 0.3) is 0 Å². The molecule has 1 N–H and O–H groups in total. The van der Waals surface area contributed by atoms with Gasteiger partial charge in [-0.3, -0.25) is 9.59 Å². The van der Waals surface area contributed by atoms with Crippen molar-refractivity contribution in [3.8, 4) is 0 Å². The number of hydrogen-bond acceptors (Lipinski definition) is 3. The van der Waals surface area contributed by atoms with Crippen LogP contribution in [0.2, 0.25) is 5.02 Å². The maximum Gasteiger partial charge on any atom is 0.227 e. The Kier molecular flexibility index (Phi) is 8.57. The Balaban J connectivity index is 1.34. The van der Waals surface area contributed by atoms with Crippen molar-refractivity contribution >= 4 is 23.4 Å². The second-order valence-electron chi connectivity index (χ2n) is 11.4. The lowest BCUT2D eigenvalue weighted by atomic mass is 9.70. The highest BCUT2D eigenvalue weighted by Crippen LogP contribution is 2.43. The highest BCUT2D eigenvalue weighted by molar-refractivity contribution is 6.30. The Morgan fingerprint density at radius 3 is 2.38 bits per heavy atom. The normalized spacial score (nSPS) is 27.9. The Labute approximate surface area is 210 Å². The van der Waals surface area contributed by atoms with E-state index in [-0.39, 0.29) is 29.2 Å². The van der Waals surface area contributed by atoms with Gasteiger partial charge in [-0.05, 0) is 74.2 Å². The average molecular weight is 488 g/mol. The minimum absolute atomic E-state index is 0.0103. The van der Waals surface area contributed by atoms with Crippen molar-refractivity contribution in [2.24, 2.45) is 11.3 Å². The summed E-state index contributed by atoms with van der Waals surface area (Å²) in [5, 5.41) is 4.02. The first kappa shape index (κ1) is 25.5. The molecule has 1 saturated carbocycles. The molecule has 3 unspecified atom stereocenters. The van der Waals surface area contributed by atoms with Crippen molar-refractivity contribution in [1.82, 2.24) is 15.1 Å². The molecule has 0 radical (unpaired) electrons. The van der Waals surface area contributed by atoms with Crippen LogP contribution >= 0.6 is 11.6 Å². The number of nitrogens with one attached hydrogen (secondary N) is 1. The molecule has 0 spiro atoms. The molecule has 2 saturated heterocycles. The molecule has 34 heavy (non-hydrogen) atoms. The first-order valence-corrected chi connectivity index (χ1v) is 13.8. The van der Waals surface area contributed by atoms with Gasteiger partial charge in [0.15, 0.2) is 0 Å². The molecule has 2 aliphatic heterocycles. The number of benzene rings is 1. The van der Waals surface area contributed by atoms with Crippen molar-refractivity contribution in [3.63, 3.8) is 0 Å². The van der Waals surface area contributed by atoms with Gasteiger partial charge in [0.2, 0.25) is 11.8 Å². The van der Waals surface area contributed by atoms with Crippen molar-refractivity contribution < 1.29 is 9.59 Å². The van der Waals surface area contributed by atoms with E-state index < -0.39 is 0 Å². The summed E-state index contributed by atoms with van der Waals surface area (Å²) in [5.74, 6) is 0.668. The van der Waals surface area contributed by atoms with Gasteiger partial charge in [-0.15, -0.1) is 0 Å². The van der Waals surface area contributed by atoms with E-state index >= 15 is 0 Å². The molecule has 1 aromatic carbocycles. The van der Waals surface area contributed by atoms with Gasteiger partial charge in [0.05, 0.1) is 5.92 Å². The van der Waals surface area contributed by atoms with Crippen LogP contribution in [0, 0.1) is 11.3 Å². The lowest BCUT2D eigenvalue weighted by Gasteiger charge is -2.46. The molecule has 0 bridgehead atoms. The number of carbonyl (C=O) groups is 2. The van der Waals surface area contributed by atoms with Crippen LogP contribution in [0.1, 0.15) is 83.1 Å². The lowest BCUT2D eigenvalue weighted by Crippen LogP contribution is -2.54. The van der Waals surface area contributed by atoms with E-state index in [1.54, 1.807) is 0 Å². The summed E-state index contributed by atoms with van der Waals surface area (Å²) in [5.41, 5.74) is 1.29. The van der Waals surface area contributed by atoms with Crippen LogP contribution in [-0.2, 0) is 9.59 Å². The Morgan fingerprint density at radius 2 is 1.68 bits per heavy atom. The molecule has 2 heterocycles. The molecule has 2 amide bonds. The zero-order valence-electron chi connectivity index (χ0n) is 21.0. The number of likely N-dealkylation sites (tertiary alicyclic amines) is 2. The molecule has 6 heteroatoms. The third-order valence-corrected chi connectivity index (χ3v) is 8.60. The Hall–Kier alpha value is -1.59. The SMILES string of the molecule is CC1(C)CN(C(=O)C2CCCCC2NC(=O)CCN2CCCCC2)CCC1c1ccc(Cl)cc1. The molecule has 3 fully saturated rings. The number of amides is 2. The molecule has 1 aromatic rings. The summed E-state index contributed by atoms with van der Waals surface area (Å²) in [7, 11) is 0.